The van der Waals surface area contributed by atoms with E-state index in [1.54, 1.807) is 13.8 Å². The zero-order valence-corrected chi connectivity index (χ0v) is 32.3. The number of hydrogen-bond acceptors (Lipinski definition) is 12. The maximum Gasteiger partial charge on any atom is 0.229 e. The average Bonchev–Trinajstić information content (AvgIpc) is 3.70. The maximum absolute atomic E-state index is 5.12. The third-order valence-corrected chi connectivity index (χ3v) is 4.17. The molecular formula is C30H56Ar3N8O4. The minimum absolute atomic E-state index is 0. The predicted octanol–water partition coefficient (Wildman–Crippen LogP) is 8.69. The zero-order valence-electron chi connectivity index (χ0n) is 30.2. The summed E-state index contributed by atoms with van der Waals surface area (Å²) < 4.78 is 19.6. The van der Waals surface area contributed by atoms with Crippen LogP contribution in [0, 0.1) is 147 Å². The van der Waals surface area contributed by atoms with Gasteiger partial charge >= 0.3 is 0 Å². The van der Waals surface area contributed by atoms with E-state index in [2.05, 4.69) is 61.4 Å². The molecule has 4 aromatic rings. The van der Waals surface area contributed by atoms with Gasteiger partial charge in [-0.3, -0.25) is 0 Å². The van der Waals surface area contributed by atoms with Crippen molar-refractivity contribution in [3.05, 3.63) is 46.9 Å². The van der Waals surface area contributed by atoms with Gasteiger partial charge in [-0.15, -0.1) is 10.2 Å². The fourth-order valence-corrected chi connectivity index (χ4v) is 2.19. The Bertz CT molecular complexity index is 1010. The van der Waals surface area contributed by atoms with Gasteiger partial charge in [-0.2, -0.15) is 15.0 Å². The molecule has 0 aliphatic heterocycles. The van der Waals surface area contributed by atoms with E-state index >= 15 is 0 Å². The van der Waals surface area contributed by atoms with Crippen LogP contribution in [0.1, 0.15) is 161 Å². The van der Waals surface area contributed by atoms with Crippen LogP contribution in [-0.2, 0) is 0 Å². The van der Waals surface area contributed by atoms with E-state index in [4.69, 9.17) is 18.0 Å². The van der Waals surface area contributed by atoms with Gasteiger partial charge in [0.05, 0.1) is 0 Å². The molecule has 0 spiro atoms. The summed E-state index contributed by atoms with van der Waals surface area (Å²) in [6.07, 6.45) is 0. The van der Waals surface area contributed by atoms with Gasteiger partial charge in [0.25, 0.3) is 0 Å². The van der Waals surface area contributed by atoms with Crippen molar-refractivity contribution in [3.63, 3.8) is 0 Å². The third-order valence-electron chi connectivity index (χ3n) is 4.17. The molecular weight excluding hydrogens is 656 g/mol. The quantitative estimate of drug-likeness (QED) is 0.199. The van der Waals surface area contributed by atoms with Crippen LogP contribution in [0.15, 0.2) is 18.0 Å². The Hall–Kier alpha value is 0.339. The minimum Gasteiger partial charge on any atom is -0.425 e. The van der Waals surface area contributed by atoms with Crippen molar-refractivity contribution in [1.29, 1.82) is 0 Å². The standard InChI is InChI=1S/4C6H10N2O.C4H10.C2H6.3Ar/c1-4(2)6-8-7-5(3)9-6;1-4(2)6-7-5(3)9-8-6;2*1-4(2)6-7-5(3)8-9-6;1-4(2)3;1-2;;;/h4*4H,1-3H3;4H,1-3H3;1-2H3;;;. The molecule has 0 aliphatic carbocycles. The van der Waals surface area contributed by atoms with Gasteiger partial charge in [-0.1, -0.05) is 105 Å². The van der Waals surface area contributed by atoms with E-state index in [9.17, 15) is 0 Å². The first-order valence-corrected chi connectivity index (χ1v) is 14.7. The van der Waals surface area contributed by atoms with Gasteiger partial charge in [0.1, 0.15) is 0 Å². The second-order valence-corrected chi connectivity index (χ2v) is 11.0. The van der Waals surface area contributed by atoms with E-state index < -0.39 is 0 Å². The summed E-state index contributed by atoms with van der Waals surface area (Å²) in [6, 6.07) is 0. The van der Waals surface area contributed by atoms with Crippen molar-refractivity contribution >= 4 is 0 Å². The summed E-state index contributed by atoms with van der Waals surface area (Å²) in [5.41, 5.74) is 0. The molecule has 0 amide bonds. The van der Waals surface area contributed by atoms with Crippen molar-refractivity contribution < 1.29 is 131 Å². The summed E-state index contributed by atoms with van der Waals surface area (Å²) in [5.74, 6) is 7.83. The summed E-state index contributed by atoms with van der Waals surface area (Å²) in [6.45, 7) is 33.9. The molecule has 4 aromatic heterocycles. The molecule has 0 radical (unpaired) electrons. The molecule has 45 heavy (non-hydrogen) atoms. The normalized spacial score (nSPS) is 9.47. The van der Waals surface area contributed by atoms with Crippen molar-refractivity contribution in [2.24, 2.45) is 5.92 Å². The monoisotopic (exact) mass is 712 g/mol. The molecule has 0 unspecified atom stereocenters. The van der Waals surface area contributed by atoms with Crippen LogP contribution in [0.5, 0.6) is 0 Å². The Balaban J connectivity index is -0.000000146. The van der Waals surface area contributed by atoms with Crippen molar-refractivity contribution in [3.8, 4) is 0 Å². The average molecular weight is 713 g/mol. The van der Waals surface area contributed by atoms with Crippen LogP contribution in [0.25, 0.3) is 0 Å². The van der Waals surface area contributed by atoms with Gasteiger partial charge < -0.3 is 18.0 Å². The Labute approximate surface area is 361 Å². The molecule has 0 fully saturated rings. The molecule has 0 N–H and O–H groups in total. The van der Waals surface area contributed by atoms with Gasteiger partial charge in [0.15, 0.2) is 17.5 Å². The van der Waals surface area contributed by atoms with E-state index in [1.165, 1.54) is 0 Å². The molecule has 0 aliphatic rings. The number of rotatable bonds is 4. The summed E-state index contributed by atoms with van der Waals surface area (Å²) in [7, 11) is 0. The third kappa shape index (κ3) is 29.0. The molecule has 0 bridgehead atoms. The zero-order chi connectivity index (χ0) is 33.0. The number of aromatic nitrogens is 8. The SMILES string of the molecule is CC.CC(C)C.Cc1nc(C(C)C)no1.Cc1nnc(C(C)C)o1.Cc1noc(C(C)C)n1.Cc1noc(C(C)C)n1.[Ar].[Ar].[Ar]. The first kappa shape index (κ1) is 54.8. The summed E-state index contributed by atoms with van der Waals surface area (Å²) in [5, 5.41) is 18.6. The summed E-state index contributed by atoms with van der Waals surface area (Å²) >= 11 is 0. The number of nitrogens with zero attached hydrogens (tertiary/aromatic N) is 8. The molecule has 15 heteroatoms. The molecule has 4 heterocycles. The maximum atomic E-state index is 5.12. The Kier molecular flexibility index (Phi) is 38.5. The molecule has 4 rings (SSSR count). The summed E-state index contributed by atoms with van der Waals surface area (Å²) in [4.78, 5) is 12.1. The Morgan fingerprint density at radius 3 is 0.956 bits per heavy atom. The van der Waals surface area contributed by atoms with E-state index in [1.807, 2.05) is 83.1 Å². The van der Waals surface area contributed by atoms with Crippen LogP contribution in [0.2, 0.25) is 0 Å². The molecule has 0 saturated heterocycles. The second kappa shape index (κ2) is 31.6. The minimum atomic E-state index is 0. The fourth-order valence-electron chi connectivity index (χ4n) is 2.19. The van der Waals surface area contributed by atoms with Crippen LogP contribution in [-0.4, -0.2) is 40.6 Å². The second-order valence-electron chi connectivity index (χ2n) is 11.0. The largest absolute Gasteiger partial charge is 0.425 e. The molecule has 264 valence electrons. The first-order valence-electron chi connectivity index (χ1n) is 14.7. The Morgan fingerprint density at radius 2 is 0.822 bits per heavy atom. The van der Waals surface area contributed by atoms with E-state index in [0.717, 1.165) is 11.7 Å². The fraction of sp³-hybridized carbons (Fsp3) is 0.733. The van der Waals surface area contributed by atoms with Gasteiger partial charge in [0, 0.05) is 151 Å². The van der Waals surface area contributed by atoms with Gasteiger partial charge in [0.2, 0.25) is 29.5 Å². The molecule has 12 nitrogen and oxygen atoms in total. The van der Waals surface area contributed by atoms with Crippen molar-refractivity contribution in [2.75, 3.05) is 0 Å². The predicted molar refractivity (Wildman–Crippen MR) is 164 cm³/mol. The first-order chi connectivity index (χ1) is 19.5. The van der Waals surface area contributed by atoms with E-state index in [0.29, 0.717) is 64.8 Å². The molecule has 0 saturated carbocycles. The van der Waals surface area contributed by atoms with Crippen LogP contribution in [0.4, 0.5) is 0 Å². The smallest absolute Gasteiger partial charge is 0.229 e. The van der Waals surface area contributed by atoms with Crippen molar-refractivity contribution in [1.82, 2.24) is 40.6 Å². The van der Waals surface area contributed by atoms with Crippen LogP contribution in [0.3, 0.4) is 0 Å². The molecule has 0 atom stereocenters. The van der Waals surface area contributed by atoms with Gasteiger partial charge in [-0.05, 0) is 19.8 Å². The van der Waals surface area contributed by atoms with E-state index in [-0.39, 0.29) is 113 Å². The van der Waals surface area contributed by atoms with Crippen molar-refractivity contribution in [2.45, 2.75) is 141 Å². The Morgan fingerprint density at radius 1 is 0.444 bits per heavy atom. The topological polar surface area (TPSA) is 156 Å². The number of hydrogen-bond donors (Lipinski definition) is 0. The van der Waals surface area contributed by atoms with Gasteiger partial charge in [-0.25, -0.2) is 0 Å². The number of aryl methyl sites for hydroxylation is 4. The molecule has 0 aromatic carbocycles. The van der Waals surface area contributed by atoms with Crippen LogP contribution >= 0.6 is 0 Å². The van der Waals surface area contributed by atoms with Crippen LogP contribution < -0.4 is 0 Å².